The fourth-order valence-electron chi connectivity index (χ4n) is 1.91. The summed E-state index contributed by atoms with van der Waals surface area (Å²) < 4.78 is 24.5. The van der Waals surface area contributed by atoms with Gasteiger partial charge in [-0.05, 0) is 19.0 Å². The van der Waals surface area contributed by atoms with E-state index < -0.39 is 16.1 Å². The summed E-state index contributed by atoms with van der Waals surface area (Å²) in [6, 6.07) is 7.78. The van der Waals surface area contributed by atoms with E-state index in [2.05, 4.69) is 4.72 Å². The second-order valence-electron chi connectivity index (χ2n) is 4.99. The third-order valence-corrected chi connectivity index (χ3v) is 3.86. The third kappa shape index (κ3) is 6.47. The lowest BCUT2D eigenvalue weighted by Gasteiger charge is -2.23. The Hall–Kier alpha value is -0.950. The molecule has 0 bridgehead atoms. The Bertz CT molecular complexity index is 500. The standard InChI is InChI=1S/C14H24N2O3S/c1-4-16(10-9-15-20(3,18)19)11-14(17)13-7-5-12(2)6-8-13/h5-8,14-15,17H,4,9-11H2,1-3H3. The number of aliphatic hydroxyl groups is 1. The zero-order chi connectivity index (χ0) is 15.2. The van der Waals surface area contributed by atoms with Crippen LogP contribution in [0.3, 0.4) is 0 Å². The van der Waals surface area contributed by atoms with Crippen LogP contribution in [0.5, 0.6) is 0 Å². The molecule has 0 amide bonds. The molecule has 114 valence electrons. The largest absolute Gasteiger partial charge is 0.387 e. The van der Waals surface area contributed by atoms with Gasteiger partial charge in [0, 0.05) is 19.6 Å². The Morgan fingerprint density at radius 3 is 2.40 bits per heavy atom. The summed E-state index contributed by atoms with van der Waals surface area (Å²) in [7, 11) is -3.15. The van der Waals surface area contributed by atoms with Crippen molar-refractivity contribution in [3.05, 3.63) is 35.4 Å². The summed E-state index contributed by atoms with van der Waals surface area (Å²) >= 11 is 0. The molecule has 5 nitrogen and oxygen atoms in total. The second kappa shape index (κ2) is 7.73. The van der Waals surface area contributed by atoms with Gasteiger partial charge in [0.05, 0.1) is 12.4 Å². The molecule has 1 rings (SSSR count). The van der Waals surface area contributed by atoms with Crippen LogP contribution in [-0.2, 0) is 10.0 Å². The van der Waals surface area contributed by atoms with Crippen LogP contribution in [0.4, 0.5) is 0 Å². The van der Waals surface area contributed by atoms with Crippen LogP contribution in [0.15, 0.2) is 24.3 Å². The maximum atomic E-state index is 11.0. The Labute approximate surface area is 121 Å². The highest BCUT2D eigenvalue weighted by Crippen LogP contribution is 2.14. The van der Waals surface area contributed by atoms with Gasteiger partial charge in [-0.25, -0.2) is 13.1 Å². The van der Waals surface area contributed by atoms with E-state index in [9.17, 15) is 13.5 Å². The molecule has 2 N–H and O–H groups in total. The molecule has 20 heavy (non-hydrogen) atoms. The molecule has 0 spiro atoms. The number of nitrogens with zero attached hydrogens (tertiary/aromatic N) is 1. The smallest absolute Gasteiger partial charge is 0.208 e. The van der Waals surface area contributed by atoms with Crippen LogP contribution >= 0.6 is 0 Å². The van der Waals surface area contributed by atoms with Crippen LogP contribution < -0.4 is 4.72 Å². The molecule has 0 aliphatic rings. The lowest BCUT2D eigenvalue weighted by molar-refractivity contribution is 0.117. The molecule has 0 aromatic heterocycles. The number of hydrogen-bond acceptors (Lipinski definition) is 4. The predicted molar refractivity (Wildman–Crippen MR) is 81.1 cm³/mol. The van der Waals surface area contributed by atoms with Gasteiger partial charge in [-0.15, -0.1) is 0 Å². The topological polar surface area (TPSA) is 69.6 Å². The van der Waals surface area contributed by atoms with E-state index in [1.807, 2.05) is 43.0 Å². The zero-order valence-corrected chi connectivity index (χ0v) is 13.2. The van der Waals surface area contributed by atoms with Crippen molar-refractivity contribution in [2.45, 2.75) is 20.0 Å². The van der Waals surface area contributed by atoms with E-state index in [4.69, 9.17) is 0 Å². The van der Waals surface area contributed by atoms with Crippen molar-refractivity contribution >= 4 is 10.0 Å². The number of rotatable bonds is 8. The highest BCUT2D eigenvalue weighted by atomic mass is 32.2. The molecule has 1 atom stereocenters. The first-order valence-electron chi connectivity index (χ1n) is 6.73. The van der Waals surface area contributed by atoms with E-state index in [1.165, 1.54) is 0 Å². The molecule has 6 heteroatoms. The van der Waals surface area contributed by atoms with Crippen LogP contribution in [0.1, 0.15) is 24.2 Å². The minimum absolute atomic E-state index is 0.354. The number of likely N-dealkylation sites (N-methyl/N-ethyl adjacent to an activating group) is 1. The number of aliphatic hydroxyl groups excluding tert-OH is 1. The normalized spacial score (nSPS) is 13.7. The molecule has 0 saturated heterocycles. The average molecular weight is 300 g/mol. The first-order valence-corrected chi connectivity index (χ1v) is 8.62. The fraction of sp³-hybridized carbons (Fsp3) is 0.571. The highest BCUT2D eigenvalue weighted by molar-refractivity contribution is 7.88. The molecule has 0 saturated carbocycles. The van der Waals surface area contributed by atoms with Crippen LogP contribution in [0.2, 0.25) is 0 Å². The van der Waals surface area contributed by atoms with Crippen molar-refractivity contribution in [3.8, 4) is 0 Å². The van der Waals surface area contributed by atoms with Crippen LogP contribution in [0.25, 0.3) is 0 Å². The Morgan fingerprint density at radius 2 is 1.90 bits per heavy atom. The Morgan fingerprint density at radius 1 is 1.30 bits per heavy atom. The van der Waals surface area contributed by atoms with Crippen molar-refractivity contribution in [1.82, 2.24) is 9.62 Å². The highest BCUT2D eigenvalue weighted by Gasteiger charge is 2.12. The lowest BCUT2D eigenvalue weighted by Crippen LogP contribution is -2.36. The van der Waals surface area contributed by atoms with Gasteiger partial charge in [0.15, 0.2) is 0 Å². The van der Waals surface area contributed by atoms with Crippen molar-refractivity contribution in [2.75, 3.05) is 32.4 Å². The molecule has 1 unspecified atom stereocenters. The molecule has 0 fully saturated rings. The number of hydrogen-bond donors (Lipinski definition) is 2. The Balaban J connectivity index is 2.48. The third-order valence-electron chi connectivity index (χ3n) is 3.13. The van der Waals surface area contributed by atoms with Gasteiger partial charge in [0.2, 0.25) is 10.0 Å². The molecule has 0 aliphatic carbocycles. The van der Waals surface area contributed by atoms with Crippen molar-refractivity contribution in [1.29, 1.82) is 0 Å². The first-order chi connectivity index (χ1) is 9.31. The maximum absolute atomic E-state index is 11.0. The van der Waals surface area contributed by atoms with Gasteiger partial charge in [-0.3, -0.25) is 4.90 Å². The second-order valence-corrected chi connectivity index (χ2v) is 6.82. The van der Waals surface area contributed by atoms with Gasteiger partial charge in [-0.2, -0.15) is 0 Å². The fourth-order valence-corrected chi connectivity index (χ4v) is 2.37. The maximum Gasteiger partial charge on any atom is 0.208 e. The summed E-state index contributed by atoms with van der Waals surface area (Å²) in [6.45, 7) is 6.17. The molecule has 0 aliphatic heterocycles. The van der Waals surface area contributed by atoms with E-state index >= 15 is 0 Å². The van der Waals surface area contributed by atoms with E-state index in [0.717, 1.165) is 23.9 Å². The lowest BCUT2D eigenvalue weighted by atomic mass is 10.1. The number of aryl methyl sites for hydroxylation is 1. The van der Waals surface area contributed by atoms with Crippen LogP contribution in [-0.4, -0.2) is 50.9 Å². The summed E-state index contributed by atoms with van der Waals surface area (Å²) in [5.41, 5.74) is 2.04. The average Bonchev–Trinajstić information content (AvgIpc) is 2.36. The van der Waals surface area contributed by atoms with Gasteiger partial charge < -0.3 is 5.11 Å². The van der Waals surface area contributed by atoms with Crippen LogP contribution in [0, 0.1) is 6.92 Å². The molecular formula is C14H24N2O3S. The summed E-state index contributed by atoms with van der Waals surface area (Å²) in [6.07, 6.45) is 0.582. The monoisotopic (exact) mass is 300 g/mol. The van der Waals surface area contributed by atoms with Gasteiger partial charge in [0.25, 0.3) is 0 Å². The van der Waals surface area contributed by atoms with E-state index in [0.29, 0.717) is 19.6 Å². The number of benzene rings is 1. The van der Waals surface area contributed by atoms with E-state index in [1.54, 1.807) is 0 Å². The molecule has 0 heterocycles. The Kier molecular flexibility index (Phi) is 6.61. The van der Waals surface area contributed by atoms with Crippen molar-refractivity contribution in [2.24, 2.45) is 0 Å². The number of sulfonamides is 1. The number of nitrogens with one attached hydrogen (secondary N) is 1. The zero-order valence-electron chi connectivity index (χ0n) is 12.3. The molecule has 0 radical (unpaired) electrons. The molecule has 1 aromatic rings. The summed E-state index contributed by atoms with van der Waals surface area (Å²) in [4.78, 5) is 2.02. The first kappa shape index (κ1) is 17.1. The van der Waals surface area contributed by atoms with E-state index in [-0.39, 0.29) is 0 Å². The SMILES string of the molecule is CCN(CCNS(C)(=O)=O)CC(O)c1ccc(C)cc1. The summed E-state index contributed by atoms with van der Waals surface area (Å²) in [5, 5.41) is 10.2. The predicted octanol–water partition coefficient (Wildman–Crippen LogP) is 0.900. The molecule has 1 aromatic carbocycles. The summed E-state index contributed by atoms with van der Waals surface area (Å²) in [5.74, 6) is 0. The van der Waals surface area contributed by atoms with Crippen molar-refractivity contribution in [3.63, 3.8) is 0 Å². The minimum Gasteiger partial charge on any atom is -0.387 e. The van der Waals surface area contributed by atoms with Gasteiger partial charge >= 0.3 is 0 Å². The van der Waals surface area contributed by atoms with Gasteiger partial charge in [-0.1, -0.05) is 36.8 Å². The quantitative estimate of drug-likeness (QED) is 0.748. The van der Waals surface area contributed by atoms with Crippen molar-refractivity contribution < 1.29 is 13.5 Å². The molecular weight excluding hydrogens is 276 g/mol. The van der Waals surface area contributed by atoms with Gasteiger partial charge in [0.1, 0.15) is 0 Å². The minimum atomic E-state index is -3.15.